The Labute approximate surface area is 144 Å². The van der Waals surface area contributed by atoms with Crippen LogP contribution in [0.5, 0.6) is 6.01 Å². The Hall–Kier alpha value is -1.35. The van der Waals surface area contributed by atoms with Crippen molar-refractivity contribution in [3.05, 3.63) is 34.1 Å². The molecule has 0 fully saturated rings. The summed E-state index contributed by atoms with van der Waals surface area (Å²) in [6.45, 7) is 4.06. The van der Waals surface area contributed by atoms with Crippen LogP contribution in [0.3, 0.4) is 0 Å². The summed E-state index contributed by atoms with van der Waals surface area (Å²) in [5, 5.41) is 7.94. The van der Waals surface area contributed by atoms with Crippen LogP contribution in [0.15, 0.2) is 23.1 Å². The average molecular weight is 379 g/mol. The molecular weight excluding hydrogens is 363 g/mol. The first-order valence-electron chi connectivity index (χ1n) is 6.75. The van der Waals surface area contributed by atoms with Crippen LogP contribution >= 0.6 is 23.2 Å². The third kappa shape index (κ3) is 3.60. The number of rotatable bonds is 6. The smallest absolute Gasteiger partial charge is 0.316 e. The highest BCUT2D eigenvalue weighted by atomic mass is 35.5. The maximum Gasteiger partial charge on any atom is 0.316 e. The molecule has 1 N–H and O–H groups in total. The molecule has 10 heteroatoms. The van der Waals surface area contributed by atoms with Crippen molar-refractivity contribution in [3.8, 4) is 6.01 Å². The van der Waals surface area contributed by atoms with Crippen molar-refractivity contribution in [1.82, 2.24) is 19.5 Å². The Kier molecular flexibility index (Phi) is 5.51. The maximum atomic E-state index is 12.6. The van der Waals surface area contributed by atoms with E-state index < -0.39 is 16.1 Å². The second-order valence-electron chi connectivity index (χ2n) is 4.68. The highest BCUT2D eigenvalue weighted by molar-refractivity contribution is 7.89. The van der Waals surface area contributed by atoms with Gasteiger partial charge in [-0.05, 0) is 26.0 Å². The topological polar surface area (TPSA) is 86.1 Å². The van der Waals surface area contributed by atoms with Gasteiger partial charge < -0.3 is 4.74 Å². The van der Waals surface area contributed by atoms with E-state index in [-0.39, 0.29) is 14.9 Å². The molecule has 0 saturated carbocycles. The van der Waals surface area contributed by atoms with E-state index in [9.17, 15) is 8.42 Å². The highest BCUT2D eigenvalue weighted by Crippen LogP contribution is 2.30. The van der Waals surface area contributed by atoms with E-state index in [1.165, 1.54) is 19.2 Å². The van der Waals surface area contributed by atoms with E-state index in [4.69, 9.17) is 27.9 Å². The first-order valence-corrected chi connectivity index (χ1v) is 8.99. The molecule has 0 aliphatic carbocycles. The fourth-order valence-corrected chi connectivity index (χ4v) is 4.50. The Morgan fingerprint density at radius 2 is 1.91 bits per heavy atom. The van der Waals surface area contributed by atoms with Gasteiger partial charge in [-0.15, -0.1) is 5.10 Å². The molecule has 23 heavy (non-hydrogen) atoms. The zero-order valence-corrected chi connectivity index (χ0v) is 15.1. The summed E-state index contributed by atoms with van der Waals surface area (Å²) in [6, 6.07) is 4.16. The molecule has 1 aromatic heterocycles. The lowest BCUT2D eigenvalue weighted by atomic mass is 10.3. The molecule has 0 radical (unpaired) electrons. The molecule has 0 saturated heterocycles. The summed E-state index contributed by atoms with van der Waals surface area (Å²) >= 11 is 11.9. The first-order chi connectivity index (χ1) is 10.8. The van der Waals surface area contributed by atoms with Gasteiger partial charge in [0.25, 0.3) is 0 Å². The van der Waals surface area contributed by atoms with E-state index in [1.807, 2.05) is 6.92 Å². The van der Waals surface area contributed by atoms with Crippen molar-refractivity contribution in [2.45, 2.75) is 31.3 Å². The lowest BCUT2D eigenvalue weighted by Gasteiger charge is -2.16. The van der Waals surface area contributed by atoms with Crippen LogP contribution < -0.4 is 9.46 Å². The van der Waals surface area contributed by atoms with Gasteiger partial charge >= 0.3 is 6.01 Å². The molecule has 1 heterocycles. The van der Waals surface area contributed by atoms with Crippen molar-refractivity contribution < 1.29 is 13.2 Å². The fraction of sp³-hybridized carbons (Fsp3) is 0.385. The first kappa shape index (κ1) is 18.0. The van der Waals surface area contributed by atoms with Gasteiger partial charge in [-0.25, -0.2) is 13.1 Å². The van der Waals surface area contributed by atoms with E-state index in [0.717, 1.165) is 0 Å². The molecule has 2 aromatic rings. The standard InChI is InChI=1S/C13H16Cl2N4O3S/c1-4-19-12(16-17-13(19)22-3)8(2)18-23(20,21)11-9(14)6-5-7-10(11)15/h5-8,18H,4H2,1-3H3/t8-/m1/s1. The number of nitrogens with zero attached hydrogens (tertiary/aromatic N) is 3. The van der Waals surface area contributed by atoms with Crippen molar-refractivity contribution >= 4 is 33.2 Å². The Bertz CT molecular complexity index is 787. The number of aromatic nitrogens is 3. The Balaban J connectivity index is 2.36. The molecule has 2 rings (SSSR count). The number of benzene rings is 1. The third-order valence-electron chi connectivity index (χ3n) is 3.15. The second kappa shape index (κ2) is 7.04. The molecule has 0 aliphatic heterocycles. The molecule has 0 spiro atoms. The second-order valence-corrected chi connectivity index (χ2v) is 7.15. The normalized spacial score (nSPS) is 13.1. The van der Waals surface area contributed by atoms with E-state index >= 15 is 0 Å². The quantitative estimate of drug-likeness (QED) is 0.834. The van der Waals surface area contributed by atoms with Gasteiger partial charge in [0.05, 0.1) is 23.2 Å². The molecular formula is C13H16Cl2N4O3S. The van der Waals surface area contributed by atoms with Gasteiger partial charge in [0, 0.05) is 6.54 Å². The zero-order chi connectivity index (χ0) is 17.2. The Morgan fingerprint density at radius 3 is 2.43 bits per heavy atom. The van der Waals surface area contributed by atoms with Gasteiger partial charge in [-0.3, -0.25) is 4.57 Å². The lowest BCUT2D eigenvalue weighted by Crippen LogP contribution is -2.29. The van der Waals surface area contributed by atoms with Crippen molar-refractivity contribution in [2.75, 3.05) is 7.11 Å². The number of sulfonamides is 1. The lowest BCUT2D eigenvalue weighted by molar-refractivity contribution is 0.354. The van der Waals surface area contributed by atoms with Gasteiger partial charge in [-0.2, -0.15) is 0 Å². The van der Waals surface area contributed by atoms with Gasteiger partial charge in [-0.1, -0.05) is 34.4 Å². The summed E-state index contributed by atoms with van der Waals surface area (Å²) in [6.07, 6.45) is 0. The molecule has 0 bridgehead atoms. The van der Waals surface area contributed by atoms with E-state index in [0.29, 0.717) is 18.4 Å². The number of halogens is 2. The predicted molar refractivity (Wildman–Crippen MR) is 87.4 cm³/mol. The number of nitrogens with one attached hydrogen (secondary N) is 1. The zero-order valence-electron chi connectivity index (χ0n) is 12.7. The van der Waals surface area contributed by atoms with Crippen LogP contribution in [0.4, 0.5) is 0 Å². The number of hydrogen-bond donors (Lipinski definition) is 1. The number of methoxy groups -OCH3 is 1. The molecule has 1 aromatic carbocycles. The van der Waals surface area contributed by atoms with Crippen LogP contribution in [0.25, 0.3) is 0 Å². The summed E-state index contributed by atoms with van der Waals surface area (Å²) < 4.78 is 34.4. The van der Waals surface area contributed by atoms with Gasteiger partial charge in [0.15, 0.2) is 5.82 Å². The minimum atomic E-state index is -3.93. The Morgan fingerprint density at radius 1 is 1.30 bits per heavy atom. The summed E-state index contributed by atoms with van der Waals surface area (Å²) in [5.41, 5.74) is 0. The van der Waals surface area contributed by atoms with E-state index in [2.05, 4.69) is 14.9 Å². The average Bonchev–Trinajstić information content (AvgIpc) is 2.89. The SMILES string of the molecule is CCn1c(OC)nnc1[C@@H](C)NS(=O)(=O)c1c(Cl)cccc1Cl. The third-order valence-corrected chi connectivity index (χ3v) is 5.65. The fourth-order valence-electron chi connectivity index (χ4n) is 2.15. The molecule has 126 valence electrons. The van der Waals surface area contributed by atoms with Crippen LogP contribution in [0.2, 0.25) is 10.0 Å². The highest BCUT2D eigenvalue weighted by Gasteiger charge is 2.27. The van der Waals surface area contributed by atoms with Crippen LogP contribution in [0, 0.1) is 0 Å². The van der Waals surface area contributed by atoms with Crippen LogP contribution in [-0.2, 0) is 16.6 Å². The van der Waals surface area contributed by atoms with Gasteiger partial charge in [0.1, 0.15) is 4.90 Å². The molecule has 1 atom stereocenters. The predicted octanol–water partition coefficient (Wildman–Crippen LogP) is 2.65. The minimum Gasteiger partial charge on any atom is -0.467 e. The summed E-state index contributed by atoms with van der Waals surface area (Å²) in [4.78, 5) is -0.162. The minimum absolute atomic E-state index is 0.0479. The van der Waals surface area contributed by atoms with Gasteiger partial charge in [0.2, 0.25) is 10.0 Å². The summed E-state index contributed by atoms with van der Waals surface area (Å²) in [5.74, 6) is 0.427. The largest absolute Gasteiger partial charge is 0.467 e. The molecule has 0 amide bonds. The van der Waals surface area contributed by atoms with Crippen molar-refractivity contribution in [3.63, 3.8) is 0 Å². The van der Waals surface area contributed by atoms with Crippen LogP contribution in [-0.4, -0.2) is 30.3 Å². The van der Waals surface area contributed by atoms with Crippen LogP contribution in [0.1, 0.15) is 25.7 Å². The van der Waals surface area contributed by atoms with Crippen molar-refractivity contribution in [2.24, 2.45) is 0 Å². The van der Waals surface area contributed by atoms with E-state index in [1.54, 1.807) is 17.6 Å². The number of ether oxygens (including phenoxy) is 1. The molecule has 0 aliphatic rings. The number of hydrogen-bond acceptors (Lipinski definition) is 5. The maximum absolute atomic E-state index is 12.6. The summed E-state index contributed by atoms with van der Waals surface area (Å²) in [7, 11) is -2.46. The van der Waals surface area contributed by atoms with Crippen molar-refractivity contribution in [1.29, 1.82) is 0 Å². The molecule has 0 unspecified atom stereocenters. The monoisotopic (exact) mass is 378 g/mol. The molecule has 7 nitrogen and oxygen atoms in total.